The number of aromatic nitrogens is 3. The van der Waals surface area contributed by atoms with Crippen LogP contribution < -0.4 is 19.5 Å². The summed E-state index contributed by atoms with van der Waals surface area (Å²) in [6.45, 7) is 0. The second-order valence-electron chi connectivity index (χ2n) is 7.59. The normalized spacial score (nSPS) is 11.3. The van der Waals surface area contributed by atoms with Gasteiger partial charge in [0.15, 0.2) is 11.5 Å². The van der Waals surface area contributed by atoms with E-state index in [0.29, 0.717) is 23.0 Å². The fraction of sp³-hybridized carbons (Fsp3) is 0.0800. The van der Waals surface area contributed by atoms with E-state index in [1.54, 1.807) is 44.6 Å². The number of rotatable bonds is 8. The highest BCUT2D eigenvalue weighted by Crippen LogP contribution is 2.40. The SMILES string of the molecule is COc1ccc(-c2csc3ncnc(Nc4ccc(S(=O)(=O)Nc5ccccn5)cc4)c23)cc1OC. The van der Waals surface area contributed by atoms with Crippen LogP contribution >= 0.6 is 11.3 Å². The van der Waals surface area contributed by atoms with Gasteiger partial charge in [-0.3, -0.25) is 4.72 Å². The zero-order chi connectivity index (χ0) is 25.1. The number of hydrogen-bond acceptors (Lipinski definition) is 9. The fourth-order valence-electron chi connectivity index (χ4n) is 3.66. The van der Waals surface area contributed by atoms with E-state index in [-0.39, 0.29) is 10.7 Å². The number of fused-ring (bicyclic) bond motifs is 1. The highest BCUT2D eigenvalue weighted by molar-refractivity contribution is 7.92. The summed E-state index contributed by atoms with van der Waals surface area (Å²) < 4.78 is 38.7. The minimum absolute atomic E-state index is 0.119. The summed E-state index contributed by atoms with van der Waals surface area (Å²) in [4.78, 5) is 13.8. The minimum Gasteiger partial charge on any atom is -0.493 e. The van der Waals surface area contributed by atoms with Crippen molar-refractivity contribution in [2.45, 2.75) is 4.90 Å². The molecule has 0 aliphatic carbocycles. The smallest absolute Gasteiger partial charge is 0.263 e. The maximum absolute atomic E-state index is 12.7. The molecule has 9 nitrogen and oxygen atoms in total. The van der Waals surface area contributed by atoms with Gasteiger partial charge < -0.3 is 14.8 Å². The van der Waals surface area contributed by atoms with Gasteiger partial charge in [0.25, 0.3) is 10.0 Å². The van der Waals surface area contributed by atoms with Crippen LogP contribution in [0.4, 0.5) is 17.3 Å². The molecule has 3 aromatic heterocycles. The van der Waals surface area contributed by atoms with Crippen LogP contribution in [0.15, 0.2) is 83.5 Å². The molecule has 0 radical (unpaired) electrons. The first-order valence-corrected chi connectivity index (χ1v) is 13.1. The molecule has 0 aliphatic heterocycles. The van der Waals surface area contributed by atoms with Gasteiger partial charge in [-0.2, -0.15) is 0 Å². The van der Waals surface area contributed by atoms with Gasteiger partial charge in [0.2, 0.25) is 0 Å². The minimum atomic E-state index is -3.77. The molecular formula is C25H21N5O4S2. The van der Waals surface area contributed by atoms with Gasteiger partial charge in [-0.05, 0) is 54.1 Å². The number of pyridine rings is 1. The van der Waals surface area contributed by atoms with Gasteiger partial charge >= 0.3 is 0 Å². The van der Waals surface area contributed by atoms with Gasteiger partial charge in [-0.25, -0.2) is 23.4 Å². The number of ether oxygens (including phenoxy) is 2. The van der Waals surface area contributed by atoms with Gasteiger partial charge in [0, 0.05) is 22.8 Å². The van der Waals surface area contributed by atoms with Gasteiger partial charge in [-0.15, -0.1) is 11.3 Å². The van der Waals surface area contributed by atoms with Crippen LogP contribution in [0.1, 0.15) is 0 Å². The molecule has 0 bridgehead atoms. The van der Waals surface area contributed by atoms with Crippen molar-refractivity contribution in [2.75, 3.05) is 24.3 Å². The third-order valence-corrected chi connectivity index (χ3v) is 7.65. The number of sulfonamides is 1. The zero-order valence-corrected chi connectivity index (χ0v) is 20.9. The molecule has 0 fully saturated rings. The van der Waals surface area contributed by atoms with Crippen LogP contribution in [0, 0.1) is 0 Å². The average Bonchev–Trinajstić information content (AvgIpc) is 3.34. The third-order valence-electron chi connectivity index (χ3n) is 5.40. The van der Waals surface area contributed by atoms with Crippen molar-refractivity contribution >= 4 is 48.9 Å². The summed E-state index contributed by atoms with van der Waals surface area (Å²) in [7, 11) is -0.578. The topological polar surface area (TPSA) is 115 Å². The monoisotopic (exact) mass is 519 g/mol. The maximum Gasteiger partial charge on any atom is 0.263 e. The molecule has 2 aromatic carbocycles. The largest absolute Gasteiger partial charge is 0.493 e. The van der Waals surface area contributed by atoms with E-state index in [4.69, 9.17) is 9.47 Å². The van der Waals surface area contributed by atoms with E-state index in [9.17, 15) is 8.42 Å². The Labute approximate surface area is 211 Å². The van der Waals surface area contributed by atoms with Crippen molar-refractivity contribution in [2.24, 2.45) is 0 Å². The number of anilines is 3. The molecule has 0 saturated carbocycles. The van der Waals surface area contributed by atoms with Gasteiger partial charge in [-0.1, -0.05) is 12.1 Å². The summed E-state index contributed by atoms with van der Waals surface area (Å²) in [5.74, 6) is 2.12. The standard InChI is InChI=1S/C25H21N5O4S2/c1-33-20-11-6-16(13-21(20)34-2)19-14-35-25-23(19)24(27-15-28-25)29-17-7-9-18(10-8-17)36(31,32)30-22-5-3-4-12-26-22/h3-15H,1-2H3,(H,26,30)(H,27,28,29). The third kappa shape index (κ3) is 4.66. The van der Waals surface area contributed by atoms with E-state index in [0.717, 1.165) is 21.3 Å². The second-order valence-corrected chi connectivity index (χ2v) is 10.1. The molecule has 0 aliphatic rings. The lowest BCUT2D eigenvalue weighted by atomic mass is 10.1. The second kappa shape index (κ2) is 9.80. The number of hydrogen-bond donors (Lipinski definition) is 2. The highest BCUT2D eigenvalue weighted by atomic mass is 32.2. The number of nitrogens with one attached hydrogen (secondary N) is 2. The Morgan fingerprint density at radius 2 is 1.69 bits per heavy atom. The molecule has 5 aromatic rings. The molecule has 5 rings (SSSR count). The van der Waals surface area contributed by atoms with Gasteiger partial charge in [0.05, 0.1) is 24.5 Å². The number of nitrogens with zero attached hydrogens (tertiary/aromatic N) is 3. The van der Waals surface area contributed by atoms with Crippen LogP contribution in [0.25, 0.3) is 21.3 Å². The summed E-state index contributed by atoms with van der Waals surface area (Å²) in [5.41, 5.74) is 2.55. The molecule has 0 unspecified atom stereocenters. The number of benzene rings is 2. The van der Waals surface area contributed by atoms with Crippen molar-refractivity contribution < 1.29 is 17.9 Å². The molecule has 2 N–H and O–H groups in total. The van der Waals surface area contributed by atoms with Crippen LogP contribution in [0.2, 0.25) is 0 Å². The molecule has 182 valence electrons. The molecule has 3 heterocycles. The predicted octanol–water partition coefficient (Wildman–Crippen LogP) is 5.31. The lowest BCUT2D eigenvalue weighted by Gasteiger charge is -2.12. The molecule has 0 atom stereocenters. The molecule has 36 heavy (non-hydrogen) atoms. The predicted molar refractivity (Wildman–Crippen MR) is 141 cm³/mol. The fourth-order valence-corrected chi connectivity index (χ4v) is 5.58. The van der Waals surface area contributed by atoms with E-state index in [1.165, 1.54) is 36.0 Å². The Balaban J connectivity index is 1.45. The first kappa shape index (κ1) is 23.5. The average molecular weight is 520 g/mol. The summed E-state index contributed by atoms with van der Waals surface area (Å²) in [5, 5.41) is 6.16. The maximum atomic E-state index is 12.7. The molecule has 0 amide bonds. The highest BCUT2D eigenvalue weighted by Gasteiger charge is 2.17. The van der Waals surface area contributed by atoms with Crippen LogP contribution in [0.3, 0.4) is 0 Å². The van der Waals surface area contributed by atoms with Crippen molar-refractivity contribution in [1.29, 1.82) is 0 Å². The van der Waals surface area contributed by atoms with E-state index >= 15 is 0 Å². The zero-order valence-electron chi connectivity index (χ0n) is 19.3. The molecular weight excluding hydrogens is 498 g/mol. The molecule has 0 saturated heterocycles. The van der Waals surface area contributed by atoms with Crippen LogP contribution in [-0.4, -0.2) is 37.6 Å². The summed E-state index contributed by atoms with van der Waals surface area (Å²) in [6.07, 6.45) is 3.02. The summed E-state index contributed by atoms with van der Waals surface area (Å²) in [6, 6.07) is 17.1. The molecule has 0 spiro atoms. The number of methoxy groups -OCH3 is 2. The Hall–Kier alpha value is -4.22. The lowest BCUT2D eigenvalue weighted by molar-refractivity contribution is 0.355. The van der Waals surface area contributed by atoms with Crippen molar-refractivity contribution in [3.8, 4) is 22.6 Å². The van der Waals surface area contributed by atoms with Crippen molar-refractivity contribution in [1.82, 2.24) is 15.0 Å². The van der Waals surface area contributed by atoms with E-state index in [2.05, 4.69) is 25.0 Å². The van der Waals surface area contributed by atoms with Gasteiger partial charge in [0.1, 0.15) is 22.8 Å². The Bertz CT molecular complexity index is 1620. The van der Waals surface area contributed by atoms with E-state index in [1.807, 2.05) is 23.6 Å². The van der Waals surface area contributed by atoms with Crippen LogP contribution in [-0.2, 0) is 10.0 Å². The van der Waals surface area contributed by atoms with Crippen LogP contribution in [0.5, 0.6) is 11.5 Å². The quantitative estimate of drug-likeness (QED) is 0.283. The molecule has 11 heteroatoms. The Morgan fingerprint density at radius 3 is 2.42 bits per heavy atom. The Kier molecular flexibility index (Phi) is 6.40. The first-order chi connectivity index (χ1) is 17.5. The Morgan fingerprint density at radius 1 is 0.889 bits per heavy atom. The number of thiophene rings is 1. The summed E-state index contributed by atoms with van der Waals surface area (Å²) >= 11 is 1.51. The van der Waals surface area contributed by atoms with E-state index < -0.39 is 10.0 Å². The van der Waals surface area contributed by atoms with Crippen molar-refractivity contribution in [3.05, 3.63) is 78.6 Å². The first-order valence-electron chi connectivity index (χ1n) is 10.7. The van der Waals surface area contributed by atoms with Crippen molar-refractivity contribution in [3.63, 3.8) is 0 Å². The lowest BCUT2D eigenvalue weighted by Crippen LogP contribution is -2.13.